The largest absolute Gasteiger partial charge is 0.398 e. The summed E-state index contributed by atoms with van der Waals surface area (Å²) < 4.78 is 40.8. The van der Waals surface area contributed by atoms with Gasteiger partial charge in [-0.2, -0.15) is 4.31 Å². The van der Waals surface area contributed by atoms with Gasteiger partial charge in [0.05, 0.1) is 0 Å². The van der Waals surface area contributed by atoms with Crippen LogP contribution in [0.3, 0.4) is 0 Å². The molecule has 0 saturated carbocycles. The van der Waals surface area contributed by atoms with Gasteiger partial charge in [0, 0.05) is 23.2 Å². The van der Waals surface area contributed by atoms with E-state index in [0.29, 0.717) is 17.6 Å². The predicted octanol–water partition coefficient (Wildman–Crippen LogP) is 2.98. The van der Waals surface area contributed by atoms with E-state index in [1.165, 1.54) is 10.4 Å². The lowest BCUT2D eigenvalue weighted by Gasteiger charge is -2.37. The first-order valence-corrected chi connectivity index (χ1v) is 8.61. The zero-order valence-corrected chi connectivity index (χ0v) is 13.9. The first-order valence-electron chi connectivity index (χ1n) is 6.38. The maximum absolute atomic E-state index is 14.0. The van der Waals surface area contributed by atoms with Gasteiger partial charge in [-0.1, -0.05) is 13.8 Å². The third kappa shape index (κ3) is 2.99. The Kier molecular flexibility index (Phi) is 4.15. The Balaban J connectivity index is 2.43. The van der Waals surface area contributed by atoms with Gasteiger partial charge >= 0.3 is 0 Å². The summed E-state index contributed by atoms with van der Waals surface area (Å²) in [5.74, 6) is -0.783. The molecule has 4 nitrogen and oxygen atoms in total. The average Bonchev–Trinajstić information content (AvgIpc) is 2.32. The Morgan fingerprint density at radius 1 is 1.40 bits per heavy atom. The van der Waals surface area contributed by atoms with E-state index in [0.717, 1.165) is 18.9 Å². The van der Waals surface area contributed by atoms with Crippen LogP contribution in [-0.4, -0.2) is 25.8 Å². The maximum Gasteiger partial charge on any atom is 0.246 e. The van der Waals surface area contributed by atoms with Gasteiger partial charge in [-0.15, -0.1) is 0 Å². The van der Waals surface area contributed by atoms with Gasteiger partial charge in [-0.3, -0.25) is 0 Å². The minimum atomic E-state index is -3.85. The van der Waals surface area contributed by atoms with Crippen molar-refractivity contribution in [1.29, 1.82) is 0 Å². The number of halogens is 2. The molecule has 2 N–H and O–H groups in total. The van der Waals surface area contributed by atoms with Gasteiger partial charge in [-0.05, 0) is 46.3 Å². The standard InChI is InChI=1S/C13H18BrFN2O2S/c1-13(2)4-3-5-17(8-13)20(18,19)12-7-11(16)9(14)6-10(12)15/h6-7H,3-5,8,16H2,1-2H3. The molecule has 1 aliphatic rings. The van der Waals surface area contributed by atoms with E-state index in [1.807, 2.05) is 13.8 Å². The Morgan fingerprint density at radius 2 is 2.05 bits per heavy atom. The lowest BCUT2D eigenvalue weighted by atomic mass is 9.85. The number of nitrogens with zero attached hydrogens (tertiary/aromatic N) is 1. The molecule has 0 bridgehead atoms. The van der Waals surface area contributed by atoms with Crippen LogP contribution in [-0.2, 0) is 10.0 Å². The molecule has 20 heavy (non-hydrogen) atoms. The lowest BCUT2D eigenvalue weighted by Crippen LogP contribution is -2.43. The Morgan fingerprint density at radius 3 is 2.65 bits per heavy atom. The fourth-order valence-corrected chi connectivity index (χ4v) is 4.52. The molecule has 1 saturated heterocycles. The molecule has 112 valence electrons. The summed E-state index contributed by atoms with van der Waals surface area (Å²) in [6.45, 7) is 4.84. The van der Waals surface area contributed by atoms with Crippen LogP contribution in [0.1, 0.15) is 26.7 Å². The van der Waals surface area contributed by atoms with E-state index in [-0.39, 0.29) is 16.0 Å². The second-order valence-electron chi connectivity index (χ2n) is 5.91. The van der Waals surface area contributed by atoms with Gasteiger partial charge in [0.25, 0.3) is 0 Å². The number of nitrogen functional groups attached to an aromatic ring is 1. The summed E-state index contributed by atoms with van der Waals surface area (Å²) in [5.41, 5.74) is 5.79. The second-order valence-corrected chi connectivity index (χ2v) is 8.67. The predicted molar refractivity (Wildman–Crippen MR) is 80.3 cm³/mol. The van der Waals surface area contributed by atoms with Crippen LogP contribution in [0.25, 0.3) is 0 Å². The molecule has 0 spiro atoms. The molecule has 1 aliphatic heterocycles. The van der Waals surface area contributed by atoms with Crippen molar-refractivity contribution < 1.29 is 12.8 Å². The van der Waals surface area contributed by atoms with Crippen LogP contribution >= 0.6 is 15.9 Å². The first-order chi connectivity index (χ1) is 9.13. The van der Waals surface area contributed by atoms with Crippen molar-refractivity contribution in [1.82, 2.24) is 4.31 Å². The van der Waals surface area contributed by atoms with E-state index in [4.69, 9.17) is 5.73 Å². The zero-order chi connectivity index (χ0) is 15.1. The molecular weight excluding hydrogens is 347 g/mol. The van der Waals surface area contributed by atoms with Crippen molar-refractivity contribution in [2.24, 2.45) is 5.41 Å². The van der Waals surface area contributed by atoms with Crippen LogP contribution in [0.4, 0.5) is 10.1 Å². The summed E-state index contributed by atoms with van der Waals surface area (Å²) in [4.78, 5) is -0.351. The Labute approximate surface area is 127 Å². The number of benzene rings is 1. The molecule has 7 heteroatoms. The SMILES string of the molecule is CC1(C)CCCN(S(=O)(=O)c2cc(N)c(Br)cc2F)C1. The maximum atomic E-state index is 14.0. The number of hydrogen-bond donors (Lipinski definition) is 1. The van der Waals surface area contributed by atoms with Crippen LogP contribution in [0.5, 0.6) is 0 Å². The van der Waals surface area contributed by atoms with Gasteiger partial charge in [0.15, 0.2) is 0 Å². The average molecular weight is 365 g/mol. The van der Waals surface area contributed by atoms with E-state index < -0.39 is 15.8 Å². The number of piperidine rings is 1. The van der Waals surface area contributed by atoms with Gasteiger partial charge in [-0.25, -0.2) is 12.8 Å². The van der Waals surface area contributed by atoms with Crippen LogP contribution in [0.15, 0.2) is 21.5 Å². The van der Waals surface area contributed by atoms with Gasteiger partial charge in [0.2, 0.25) is 10.0 Å². The van der Waals surface area contributed by atoms with Crippen molar-refractivity contribution in [3.05, 3.63) is 22.4 Å². The highest BCUT2D eigenvalue weighted by molar-refractivity contribution is 9.10. The molecule has 1 heterocycles. The fourth-order valence-electron chi connectivity index (χ4n) is 2.46. The molecule has 1 fully saturated rings. The van der Waals surface area contributed by atoms with Crippen molar-refractivity contribution in [3.63, 3.8) is 0 Å². The number of sulfonamides is 1. The molecule has 0 aromatic heterocycles. The third-order valence-corrected chi connectivity index (χ3v) is 6.08. The summed E-state index contributed by atoms with van der Waals surface area (Å²) in [6.07, 6.45) is 1.74. The first kappa shape index (κ1) is 15.7. The smallest absolute Gasteiger partial charge is 0.246 e. The highest BCUT2D eigenvalue weighted by Gasteiger charge is 2.35. The Hall–Kier alpha value is -0.660. The fraction of sp³-hybridized carbons (Fsp3) is 0.538. The lowest BCUT2D eigenvalue weighted by molar-refractivity contribution is 0.186. The molecule has 2 rings (SSSR count). The molecule has 0 amide bonds. The van der Waals surface area contributed by atoms with Crippen molar-refractivity contribution in [2.75, 3.05) is 18.8 Å². The summed E-state index contributed by atoms with van der Waals surface area (Å²) in [7, 11) is -3.85. The van der Waals surface area contributed by atoms with Gasteiger partial charge in [0.1, 0.15) is 10.7 Å². The summed E-state index contributed by atoms with van der Waals surface area (Å²) in [6, 6.07) is 2.27. The van der Waals surface area contributed by atoms with Crippen molar-refractivity contribution in [3.8, 4) is 0 Å². The molecule has 1 aromatic rings. The normalized spacial score (nSPS) is 20.0. The second kappa shape index (κ2) is 5.27. The number of anilines is 1. The highest BCUT2D eigenvalue weighted by atomic mass is 79.9. The van der Waals surface area contributed by atoms with E-state index in [1.54, 1.807) is 0 Å². The summed E-state index contributed by atoms with van der Waals surface area (Å²) in [5, 5.41) is 0. The Bertz CT molecular complexity index is 632. The number of rotatable bonds is 2. The van der Waals surface area contributed by atoms with E-state index in [9.17, 15) is 12.8 Å². The molecular formula is C13H18BrFN2O2S. The monoisotopic (exact) mass is 364 g/mol. The quantitative estimate of drug-likeness (QED) is 0.820. The third-order valence-electron chi connectivity index (χ3n) is 3.53. The minimum absolute atomic E-state index is 0.0945. The molecule has 0 radical (unpaired) electrons. The van der Waals surface area contributed by atoms with E-state index >= 15 is 0 Å². The molecule has 1 aromatic carbocycles. The molecule has 0 atom stereocenters. The van der Waals surface area contributed by atoms with Crippen molar-refractivity contribution >= 4 is 31.6 Å². The van der Waals surface area contributed by atoms with Crippen molar-refractivity contribution in [2.45, 2.75) is 31.6 Å². The van der Waals surface area contributed by atoms with E-state index in [2.05, 4.69) is 15.9 Å². The zero-order valence-electron chi connectivity index (χ0n) is 11.5. The molecule has 0 aliphatic carbocycles. The topological polar surface area (TPSA) is 63.4 Å². The van der Waals surface area contributed by atoms with Crippen LogP contribution in [0, 0.1) is 11.2 Å². The number of hydrogen-bond acceptors (Lipinski definition) is 3. The van der Waals surface area contributed by atoms with Crippen LogP contribution < -0.4 is 5.73 Å². The van der Waals surface area contributed by atoms with Crippen LogP contribution in [0.2, 0.25) is 0 Å². The number of nitrogens with two attached hydrogens (primary N) is 1. The highest BCUT2D eigenvalue weighted by Crippen LogP contribution is 2.34. The summed E-state index contributed by atoms with van der Waals surface area (Å²) >= 11 is 3.09. The van der Waals surface area contributed by atoms with Gasteiger partial charge < -0.3 is 5.73 Å². The minimum Gasteiger partial charge on any atom is -0.398 e. The molecule has 0 unspecified atom stereocenters.